The van der Waals surface area contributed by atoms with E-state index in [0.29, 0.717) is 30.1 Å². The molecule has 2 aromatic carbocycles. The van der Waals surface area contributed by atoms with E-state index in [1.54, 1.807) is 19.2 Å². The fraction of sp³-hybridized carbons (Fsp3) is 0.364. The first-order chi connectivity index (χ1) is 13.6. The van der Waals surface area contributed by atoms with Crippen LogP contribution in [0.1, 0.15) is 35.2 Å². The van der Waals surface area contributed by atoms with Crippen LogP contribution in [0.2, 0.25) is 5.02 Å². The molecule has 1 aliphatic rings. The molecule has 0 atom stereocenters. The molecule has 1 aliphatic heterocycles. The van der Waals surface area contributed by atoms with Gasteiger partial charge in [0.1, 0.15) is 0 Å². The van der Waals surface area contributed by atoms with E-state index in [-0.39, 0.29) is 17.9 Å². The average molecular weight is 400 g/mol. The van der Waals surface area contributed by atoms with Crippen LogP contribution < -0.4 is 10.6 Å². The highest BCUT2D eigenvalue weighted by Gasteiger charge is 2.24. The first-order valence-corrected chi connectivity index (χ1v) is 10.0. The molecule has 2 N–H and O–H groups in total. The quantitative estimate of drug-likeness (QED) is 0.777. The Morgan fingerprint density at radius 2 is 1.82 bits per heavy atom. The fourth-order valence-electron chi connectivity index (χ4n) is 3.45. The van der Waals surface area contributed by atoms with Crippen molar-refractivity contribution in [3.63, 3.8) is 0 Å². The van der Waals surface area contributed by atoms with Crippen molar-refractivity contribution in [3.05, 3.63) is 64.7 Å². The highest BCUT2D eigenvalue weighted by molar-refractivity contribution is 6.34. The van der Waals surface area contributed by atoms with Crippen LogP contribution in [-0.4, -0.2) is 42.9 Å². The van der Waals surface area contributed by atoms with Gasteiger partial charge < -0.3 is 15.5 Å². The third-order valence-corrected chi connectivity index (χ3v) is 5.48. The number of nitrogens with one attached hydrogen (secondary N) is 2. The van der Waals surface area contributed by atoms with Crippen molar-refractivity contribution in [1.82, 2.24) is 10.2 Å². The summed E-state index contributed by atoms with van der Waals surface area (Å²) in [7, 11) is 1.80. The van der Waals surface area contributed by atoms with Gasteiger partial charge in [0.2, 0.25) is 5.91 Å². The molecule has 0 saturated carbocycles. The van der Waals surface area contributed by atoms with Gasteiger partial charge in [-0.3, -0.25) is 9.59 Å². The van der Waals surface area contributed by atoms with Crippen LogP contribution in [0.25, 0.3) is 0 Å². The second kappa shape index (κ2) is 9.60. The van der Waals surface area contributed by atoms with E-state index in [4.69, 9.17) is 11.6 Å². The summed E-state index contributed by atoms with van der Waals surface area (Å²) >= 11 is 6.17. The Morgan fingerprint density at radius 3 is 2.50 bits per heavy atom. The number of likely N-dealkylation sites (tertiary alicyclic amines) is 1. The van der Waals surface area contributed by atoms with Crippen molar-refractivity contribution in [1.29, 1.82) is 0 Å². The Morgan fingerprint density at radius 1 is 1.11 bits per heavy atom. The topological polar surface area (TPSA) is 61.4 Å². The minimum Gasteiger partial charge on any atom is -0.388 e. The number of carbonyl (C=O) groups is 2. The summed E-state index contributed by atoms with van der Waals surface area (Å²) in [6.07, 6.45) is 2.79. The molecule has 0 radical (unpaired) electrons. The maximum atomic E-state index is 12.6. The molecule has 28 heavy (non-hydrogen) atoms. The number of piperidine rings is 1. The number of nitrogens with zero attached hydrogens (tertiary/aromatic N) is 1. The Bertz CT molecular complexity index is 818. The smallest absolute Gasteiger partial charge is 0.253 e. The second-order valence-corrected chi connectivity index (χ2v) is 7.47. The first kappa shape index (κ1) is 20.2. The zero-order valence-electron chi connectivity index (χ0n) is 16.1. The van der Waals surface area contributed by atoms with Crippen LogP contribution >= 0.6 is 11.6 Å². The lowest BCUT2D eigenvalue weighted by atomic mass is 10.0. The van der Waals surface area contributed by atoms with Gasteiger partial charge in [-0.15, -0.1) is 0 Å². The summed E-state index contributed by atoms with van der Waals surface area (Å²) in [6.45, 7) is 1.34. The summed E-state index contributed by atoms with van der Waals surface area (Å²) in [5.41, 5.74) is 2.49. The molecule has 1 heterocycles. The van der Waals surface area contributed by atoms with E-state index in [9.17, 15) is 9.59 Å². The van der Waals surface area contributed by atoms with E-state index in [1.165, 1.54) is 5.56 Å². The lowest BCUT2D eigenvalue weighted by Crippen LogP contribution is -2.46. The number of anilines is 1. The van der Waals surface area contributed by atoms with Gasteiger partial charge in [0.25, 0.3) is 5.91 Å². The monoisotopic (exact) mass is 399 g/mol. The van der Waals surface area contributed by atoms with E-state index in [2.05, 4.69) is 10.6 Å². The number of hydrogen-bond acceptors (Lipinski definition) is 3. The Balaban J connectivity index is 1.47. The van der Waals surface area contributed by atoms with E-state index in [1.807, 2.05) is 41.3 Å². The van der Waals surface area contributed by atoms with Gasteiger partial charge in [0.05, 0.1) is 10.6 Å². The summed E-state index contributed by atoms with van der Waals surface area (Å²) in [4.78, 5) is 26.9. The van der Waals surface area contributed by atoms with Crippen LogP contribution in [0, 0.1) is 0 Å². The molecular formula is C22H26ClN3O2. The van der Waals surface area contributed by atoms with Crippen molar-refractivity contribution in [2.24, 2.45) is 0 Å². The van der Waals surface area contributed by atoms with Gasteiger partial charge in [-0.25, -0.2) is 0 Å². The predicted octanol–water partition coefficient (Wildman–Crippen LogP) is 3.74. The molecule has 2 amide bonds. The highest BCUT2D eigenvalue weighted by atomic mass is 35.5. The Kier molecular flexibility index (Phi) is 6.93. The minimum absolute atomic E-state index is 0.0555. The molecule has 0 spiro atoms. The zero-order chi connectivity index (χ0) is 19.9. The molecule has 2 aromatic rings. The first-order valence-electron chi connectivity index (χ1n) is 9.66. The average Bonchev–Trinajstić information content (AvgIpc) is 2.73. The molecule has 0 aromatic heterocycles. The van der Waals surface area contributed by atoms with E-state index < -0.39 is 0 Å². The standard InChI is InChI=1S/C22H26ClN3O2/c1-24-18-8-9-20(23)19(15-18)22(28)25-17-11-13-26(14-12-17)21(27)10-7-16-5-3-2-4-6-16/h2-6,8-9,15,17,24H,7,10-14H2,1H3,(H,25,28). The summed E-state index contributed by atoms with van der Waals surface area (Å²) in [5.74, 6) is 0.00866. The molecule has 6 heteroatoms. The zero-order valence-corrected chi connectivity index (χ0v) is 16.8. The molecule has 0 bridgehead atoms. The van der Waals surface area contributed by atoms with E-state index >= 15 is 0 Å². The SMILES string of the molecule is CNc1ccc(Cl)c(C(=O)NC2CCN(C(=O)CCc3ccccc3)CC2)c1. The largest absolute Gasteiger partial charge is 0.388 e. The lowest BCUT2D eigenvalue weighted by Gasteiger charge is -2.32. The van der Waals surface area contributed by atoms with Gasteiger partial charge in [-0.05, 0) is 43.0 Å². The highest BCUT2D eigenvalue weighted by Crippen LogP contribution is 2.21. The lowest BCUT2D eigenvalue weighted by molar-refractivity contribution is -0.132. The molecule has 5 nitrogen and oxygen atoms in total. The van der Waals surface area contributed by atoms with Crippen molar-refractivity contribution in [3.8, 4) is 0 Å². The normalized spacial score (nSPS) is 14.6. The van der Waals surface area contributed by atoms with Crippen molar-refractivity contribution < 1.29 is 9.59 Å². The molecule has 0 aliphatic carbocycles. The fourth-order valence-corrected chi connectivity index (χ4v) is 3.65. The Labute approximate surface area is 171 Å². The van der Waals surface area contributed by atoms with Gasteiger partial charge in [0.15, 0.2) is 0 Å². The van der Waals surface area contributed by atoms with Crippen LogP contribution in [0.5, 0.6) is 0 Å². The number of carbonyl (C=O) groups excluding carboxylic acids is 2. The van der Waals surface area contributed by atoms with Gasteiger partial charge in [-0.2, -0.15) is 0 Å². The summed E-state index contributed by atoms with van der Waals surface area (Å²) in [6, 6.07) is 15.4. The van der Waals surface area contributed by atoms with Crippen LogP contribution in [0.4, 0.5) is 5.69 Å². The number of amides is 2. The van der Waals surface area contributed by atoms with E-state index in [0.717, 1.165) is 24.9 Å². The second-order valence-electron chi connectivity index (χ2n) is 7.06. The van der Waals surface area contributed by atoms with Crippen molar-refractivity contribution >= 4 is 29.1 Å². The molecule has 1 saturated heterocycles. The van der Waals surface area contributed by atoms with Crippen molar-refractivity contribution in [2.75, 3.05) is 25.5 Å². The molecule has 3 rings (SSSR count). The van der Waals surface area contributed by atoms with Crippen molar-refractivity contribution in [2.45, 2.75) is 31.7 Å². The maximum absolute atomic E-state index is 12.6. The van der Waals surface area contributed by atoms with Gasteiger partial charge in [-0.1, -0.05) is 41.9 Å². The Hall–Kier alpha value is -2.53. The molecule has 148 valence electrons. The number of hydrogen-bond donors (Lipinski definition) is 2. The summed E-state index contributed by atoms with van der Waals surface area (Å²) < 4.78 is 0. The summed E-state index contributed by atoms with van der Waals surface area (Å²) in [5, 5.41) is 6.50. The minimum atomic E-state index is -0.170. The number of halogens is 1. The number of aryl methyl sites for hydroxylation is 1. The van der Waals surface area contributed by atoms with Gasteiger partial charge >= 0.3 is 0 Å². The third-order valence-electron chi connectivity index (χ3n) is 5.15. The molecule has 0 unspecified atom stereocenters. The number of benzene rings is 2. The van der Waals surface area contributed by atoms with Gasteiger partial charge in [0, 0.05) is 38.3 Å². The van der Waals surface area contributed by atoms with Crippen LogP contribution in [0.3, 0.4) is 0 Å². The molecule has 1 fully saturated rings. The number of rotatable bonds is 6. The maximum Gasteiger partial charge on any atom is 0.253 e. The third kappa shape index (κ3) is 5.26. The van der Waals surface area contributed by atoms with Crippen LogP contribution in [0.15, 0.2) is 48.5 Å². The van der Waals surface area contributed by atoms with Crippen LogP contribution in [-0.2, 0) is 11.2 Å². The molecular weight excluding hydrogens is 374 g/mol. The predicted molar refractivity (Wildman–Crippen MR) is 113 cm³/mol.